The van der Waals surface area contributed by atoms with Crippen molar-refractivity contribution in [2.75, 3.05) is 13.1 Å². The molecule has 2 rings (SSSR count). The molecule has 0 saturated heterocycles. The van der Waals surface area contributed by atoms with Gasteiger partial charge in [0.1, 0.15) is 0 Å². The summed E-state index contributed by atoms with van der Waals surface area (Å²) in [5, 5.41) is 9.59. The molecule has 0 fully saturated rings. The minimum absolute atomic E-state index is 0.186. The highest BCUT2D eigenvalue weighted by molar-refractivity contribution is 6.31. The fourth-order valence-electron chi connectivity index (χ4n) is 2.36. The Morgan fingerprint density at radius 2 is 1.75 bits per heavy atom. The molecule has 0 aliphatic carbocycles. The van der Waals surface area contributed by atoms with E-state index in [1.54, 1.807) is 12.1 Å². The average molecular weight is 402 g/mol. The summed E-state index contributed by atoms with van der Waals surface area (Å²) in [4.78, 5) is 27.2. The zero-order valence-corrected chi connectivity index (χ0v) is 16.4. The van der Waals surface area contributed by atoms with Crippen molar-refractivity contribution in [3.63, 3.8) is 0 Å². The van der Waals surface area contributed by atoms with Crippen molar-refractivity contribution >= 4 is 29.4 Å². The summed E-state index contributed by atoms with van der Waals surface area (Å²) in [6.07, 6.45) is 0. The number of rotatable bonds is 8. The Bertz CT molecular complexity index is 837. The molecule has 0 aliphatic heterocycles. The molecule has 0 radical (unpaired) electrons. The van der Waals surface area contributed by atoms with Gasteiger partial charge in [-0.25, -0.2) is 4.99 Å². The summed E-state index contributed by atoms with van der Waals surface area (Å²) in [6.45, 7) is 3.54. The molecule has 8 heteroatoms. The van der Waals surface area contributed by atoms with Crippen molar-refractivity contribution in [3.05, 3.63) is 70.2 Å². The molecule has 0 bridgehead atoms. The highest BCUT2D eigenvalue weighted by atomic mass is 35.5. The van der Waals surface area contributed by atoms with E-state index in [9.17, 15) is 9.59 Å². The number of carbonyl (C=O) groups excluding carboxylic acids is 2. The Kier molecular flexibility index (Phi) is 8.30. The van der Waals surface area contributed by atoms with Crippen LogP contribution in [0.25, 0.3) is 0 Å². The van der Waals surface area contributed by atoms with Crippen molar-refractivity contribution in [3.8, 4) is 0 Å². The van der Waals surface area contributed by atoms with Crippen LogP contribution < -0.4 is 21.7 Å². The molecule has 28 heavy (non-hydrogen) atoms. The first kappa shape index (κ1) is 21.2. The number of amides is 2. The summed E-state index contributed by atoms with van der Waals surface area (Å²) in [7, 11) is 0. The van der Waals surface area contributed by atoms with Crippen LogP contribution in [0.15, 0.2) is 53.5 Å². The number of nitrogens with two attached hydrogens (primary N) is 1. The Hall–Kier alpha value is -3.06. The summed E-state index contributed by atoms with van der Waals surface area (Å²) >= 11 is 6.18. The molecule has 0 aliphatic rings. The number of nitrogens with one attached hydrogen (secondary N) is 3. The zero-order chi connectivity index (χ0) is 20.4. The van der Waals surface area contributed by atoms with E-state index in [0.717, 1.165) is 17.7 Å². The maximum atomic E-state index is 11.9. The van der Waals surface area contributed by atoms with E-state index in [4.69, 9.17) is 17.3 Å². The number of guanidine groups is 1. The fraction of sp³-hybridized carbons (Fsp3) is 0.250. The Balaban J connectivity index is 1.95. The molecule has 0 unspecified atom stereocenters. The van der Waals surface area contributed by atoms with Gasteiger partial charge in [-0.15, -0.1) is 0 Å². The second-order valence-electron chi connectivity index (χ2n) is 5.99. The van der Waals surface area contributed by atoms with Gasteiger partial charge in [0.05, 0.1) is 13.1 Å². The van der Waals surface area contributed by atoms with Crippen LogP contribution in [0, 0.1) is 0 Å². The second kappa shape index (κ2) is 10.9. The van der Waals surface area contributed by atoms with E-state index in [-0.39, 0.29) is 12.5 Å². The number of hydrogen-bond donors (Lipinski definition) is 4. The van der Waals surface area contributed by atoms with E-state index in [1.165, 1.54) is 0 Å². The van der Waals surface area contributed by atoms with Gasteiger partial charge < -0.3 is 21.7 Å². The Morgan fingerprint density at radius 3 is 2.39 bits per heavy atom. The number of aliphatic imine (C=N–C) groups is 1. The van der Waals surface area contributed by atoms with Gasteiger partial charge in [0.2, 0.25) is 5.91 Å². The number of carbonyl (C=O) groups is 2. The van der Waals surface area contributed by atoms with Crippen LogP contribution in [0.2, 0.25) is 5.02 Å². The van der Waals surface area contributed by atoms with E-state index >= 15 is 0 Å². The number of hydrogen-bond acceptors (Lipinski definition) is 3. The van der Waals surface area contributed by atoms with Crippen molar-refractivity contribution in [2.45, 2.75) is 20.0 Å². The van der Waals surface area contributed by atoms with Gasteiger partial charge in [-0.05, 0) is 36.2 Å². The number of primary amides is 1. The van der Waals surface area contributed by atoms with Gasteiger partial charge in [-0.2, -0.15) is 0 Å². The zero-order valence-electron chi connectivity index (χ0n) is 15.7. The largest absolute Gasteiger partial charge is 0.368 e. The minimum atomic E-state index is -0.584. The minimum Gasteiger partial charge on any atom is -0.368 e. The maximum absolute atomic E-state index is 11.9. The van der Waals surface area contributed by atoms with Gasteiger partial charge in [0, 0.05) is 23.7 Å². The van der Waals surface area contributed by atoms with Gasteiger partial charge in [-0.3, -0.25) is 9.59 Å². The summed E-state index contributed by atoms with van der Waals surface area (Å²) < 4.78 is 0. The molecule has 2 aromatic rings. The van der Waals surface area contributed by atoms with Gasteiger partial charge in [0.15, 0.2) is 5.96 Å². The Labute approximate surface area is 169 Å². The van der Waals surface area contributed by atoms with E-state index in [2.05, 4.69) is 20.9 Å². The molecule has 7 nitrogen and oxygen atoms in total. The molecule has 148 valence electrons. The summed E-state index contributed by atoms with van der Waals surface area (Å²) in [6, 6.07) is 14.7. The predicted octanol–water partition coefficient (Wildman–Crippen LogP) is 1.81. The van der Waals surface area contributed by atoms with E-state index < -0.39 is 5.91 Å². The van der Waals surface area contributed by atoms with Crippen LogP contribution in [-0.4, -0.2) is 30.9 Å². The van der Waals surface area contributed by atoms with Crippen molar-refractivity contribution < 1.29 is 9.59 Å². The van der Waals surface area contributed by atoms with Crippen LogP contribution in [0.5, 0.6) is 0 Å². The summed E-state index contributed by atoms with van der Waals surface area (Å²) in [5.41, 5.74) is 7.41. The third kappa shape index (κ3) is 6.92. The lowest BCUT2D eigenvalue weighted by Crippen LogP contribution is -2.36. The van der Waals surface area contributed by atoms with Crippen molar-refractivity contribution in [2.24, 2.45) is 10.7 Å². The SMILES string of the molecule is CCNC(=NCc1ccc(C(=O)NCC(N)=O)cc1)NCc1ccccc1Cl. The molecule has 2 aromatic carbocycles. The molecule has 0 atom stereocenters. The normalized spacial score (nSPS) is 11.0. The standard InChI is InChI=1S/C20H24ClN5O2/c1-2-23-20(26-12-16-5-3-4-6-17(16)21)25-11-14-7-9-15(10-8-14)19(28)24-13-18(22)27/h3-10H,2,11-13H2,1H3,(H2,22,27)(H,24,28)(H2,23,25,26). The molecular weight excluding hydrogens is 378 g/mol. The molecular formula is C20H24ClN5O2. The third-order valence-electron chi connectivity index (χ3n) is 3.81. The molecule has 2 amide bonds. The van der Waals surface area contributed by atoms with Crippen molar-refractivity contribution in [1.82, 2.24) is 16.0 Å². The Morgan fingerprint density at radius 1 is 1.04 bits per heavy atom. The van der Waals surface area contributed by atoms with Crippen LogP contribution in [-0.2, 0) is 17.9 Å². The molecule has 0 heterocycles. The smallest absolute Gasteiger partial charge is 0.251 e. The van der Waals surface area contributed by atoms with E-state index in [0.29, 0.717) is 29.6 Å². The van der Waals surface area contributed by atoms with Crippen LogP contribution in [0.3, 0.4) is 0 Å². The topological polar surface area (TPSA) is 109 Å². The molecule has 0 aromatic heterocycles. The lowest BCUT2D eigenvalue weighted by molar-refractivity contribution is -0.117. The van der Waals surface area contributed by atoms with E-state index in [1.807, 2.05) is 43.3 Å². The van der Waals surface area contributed by atoms with Crippen LogP contribution in [0.1, 0.15) is 28.4 Å². The van der Waals surface area contributed by atoms with Crippen LogP contribution in [0.4, 0.5) is 0 Å². The lowest BCUT2D eigenvalue weighted by Gasteiger charge is -2.12. The maximum Gasteiger partial charge on any atom is 0.251 e. The average Bonchev–Trinajstić information content (AvgIpc) is 2.69. The summed E-state index contributed by atoms with van der Waals surface area (Å²) in [5.74, 6) is -0.256. The first-order chi connectivity index (χ1) is 13.5. The highest BCUT2D eigenvalue weighted by Gasteiger charge is 2.06. The molecule has 0 spiro atoms. The number of halogens is 1. The monoisotopic (exact) mass is 401 g/mol. The first-order valence-corrected chi connectivity index (χ1v) is 9.28. The molecule has 5 N–H and O–H groups in total. The molecule has 0 saturated carbocycles. The lowest BCUT2D eigenvalue weighted by atomic mass is 10.1. The third-order valence-corrected chi connectivity index (χ3v) is 4.18. The van der Waals surface area contributed by atoms with Gasteiger partial charge in [-0.1, -0.05) is 41.9 Å². The highest BCUT2D eigenvalue weighted by Crippen LogP contribution is 2.14. The predicted molar refractivity (Wildman–Crippen MR) is 111 cm³/mol. The second-order valence-corrected chi connectivity index (χ2v) is 6.39. The fourth-order valence-corrected chi connectivity index (χ4v) is 2.57. The number of nitrogens with zero attached hydrogens (tertiary/aromatic N) is 1. The van der Waals surface area contributed by atoms with Gasteiger partial charge >= 0.3 is 0 Å². The van der Waals surface area contributed by atoms with Crippen molar-refractivity contribution in [1.29, 1.82) is 0 Å². The first-order valence-electron chi connectivity index (χ1n) is 8.90. The quantitative estimate of drug-likeness (QED) is 0.399. The van der Waals surface area contributed by atoms with Crippen LogP contribution >= 0.6 is 11.6 Å². The van der Waals surface area contributed by atoms with Gasteiger partial charge in [0.25, 0.3) is 5.91 Å². The number of benzene rings is 2.